The Bertz CT molecular complexity index is 671. The summed E-state index contributed by atoms with van der Waals surface area (Å²) in [6, 6.07) is 2.30. The van der Waals surface area contributed by atoms with Crippen molar-refractivity contribution in [1.82, 2.24) is 4.72 Å². The van der Waals surface area contributed by atoms with Crippen molar-refractivity contribution < 1.29 is 27.9 Å². The summed E-state index contributed by atoms with van der Waals surface area (Å²) in [6.45, 7) is 1.74. The van der Waals surface area contributed by atoms with E-state index in [9.17, 15) is 18.0 Å². The molecule has 0 fully saturated rings. The Balaban J connectivity index is 3.20. The molecule has 8 nitrogen and oxygen atoms in total. The van der Waals surface area contributed by atoms with Gasteiger partial charge in [-0.1, -0.05) is 13.3 Å². The number of benzene rings is 1. The molecule has 0 heterocycles. The topological polar surface area (TPSA) is 136 Å². The fourth-order valence-corrected chi connectivity index (χ4v) is 3.07. The SMILES string of the molecule is CCCC(NS(=O)(=O)c1ccc(OC)c(C(N)=O)c1)C(=O)O. The maximum absolute atomic E-state index is 12.2. The van der Waals surface area contributed by atoms with Gasteiger partial charge in [-0.25, -0.2) is 8.42 Å². The van der Waals surface area contributed by atoms with Crippen molar-refractivity contribution in [3.63, 3.8) is 0 Å². The van der Waals surface area contributed by atoms with E-state index < -0.39 is 27.9 Å². The average Bonchev–Trinajstić information content (AvgIpc) is 2.45. The molecule has 0 spiro atoms. The summed E-state index contributed by atoms with van der Waals surface area (Å²) < 4.78 is 31.5. The Morgan fingerprint density at radius 2 is 2.05 bits per heavy atom. The van der Waals surface area contributed by atoms with Crippen molar-refractivity contribution >= 4 is 21.9 Å². The van der Waals surface area contributed by atoms with Crippen LogP contribution >= 0.6 is 0 Å². The zero-order valence-corrected chi connectivity index (χ0v) is 13.0. The molecule has 1 aromatic carbocycles. The molecular weight excluding hydrogens is 312 g/mol. The van der Waals surface area contributed by atoms with Gasteiger partial charge in [-0.15, -0.1) is 0 Å². The molecule has 0 aliphatic rings. The average molecular weight is 330 g/mol. The number of amides is 1. The second-order valence-electron chi connectivity index (χ2n) is 4.53. The van der Waals surface area contributed by atoms with Gasteiger partial charge >= 0.3 is 5.97 Å². The molecule has 0 aromatic heterocycles. The quantitative estimate of drug-likeness (QED) is 0.628. The van der Waals surface area contributed by atoms with Gasteiger partial charge < -0.3 is 15.6 Å². The van der Waals surface area contributed by atoms with Crippen molar-refractivity contribution in [2.75, 3.05) is 7.11 Å². The second kappa shape index (κ2) is 7.23. The zero-order chi connectivity index (χ0) is 16.9. The van der Waals surface area contributed by atoms with Gasteiger partial charge in [0, 0.05) is 0 Å². The minimum Gasteiger partial charge on any atom is -0.496 e. The van der Waals surface area contributed by atoms with Crippen LogP contribution in [-0.4, -0.2) is 38.6 Å². The number of carbonyl (C=O) groups is 2. The summed E-state index contributed by atoms with van der Waals surface area (Å²) in [5, 5.41) is 9.02. The van der Waals surface area contributed by atoms with E-state index in [0.29, 0.717) is 6.42 Å². The Morgan fingerprint density at radius 3 is 2.50 bits per heavy atom. The van der Waals surface area contributed by atoms with E-state index in [0.717, 1.165) is 6.07 Å². The first-order chi connectivity index (χ1) is 10.2. The highest BCUT2D eigenvalue weighted by Crippen LogP contribution is 2.22. The highest BCUT2D eigenvalue weighted by Gasteiger charge is 2.25. The largest absolute Gasteiger partial charge is 0.496 e. The first kappa shape index (κ1) is 17.9. The molecule has 0 radical (unpaired) electrons. The van der Waals surface area contributed by atoms with Gasteiger partial charge in [-0.05, 0) is 24.6 Å². The van der Waals surface area contributed by atoms with E-state index in [4.69, 9.17) is 15.6 Å². The number of ether oxygens (including phenoxy) is 1. The third kappa shape index (κ3) is 4.18. The summed E-state index contributed by atoms with van der Waals surface area (Å²) >= 11 is 0. The predicted molar refractivity (Wildman–Crippen MR) is 78.2 cm³/mol. The normalized spacial score (nSPS) is 12.6. The number of carboxylic acid groups (broad SMARTS) is 1. The number of rotatable bonds is 8. The van der Waals surface area contributed by atoms with Crippen molar-refractivity contribution in [3.8, 4) is 5.75 Å². The van der Waals surface area contributed by atoms with E-state index in [1.807, 2.05) is 0 Å². The maximum atomic E-state index is 12.2. The van der Waals surface area contributed by atoms with Crippen molar-refractivity contribution in [3.05, 3.63) is 23.8 Å². The number of aliphatic carboxylic acids is 1. The molecule has 0 bridgehead atoms. The lowest BCUT2D eigenvalue weighted by Gasteiger charge is -2.15. The zero-order valence-electron chi connectivity index (χ0n) is 12.2. The number of nitrogens with one attached hydrogen (secondary N) is 1. The van der Waals surface area contributed by atoms with Gasteiger partial charge in [0.05, 0.1) is 17.6 Å². The highest BCUT2D eigenvalue weighted by atomic mass is 32.2. The number of primary amides is 1. The van der Waals surface area contributed by atoms with Crippen molar-refractivity contribution in [2.24, 2.45) is 5.73 Å². The van der Waals surface area contributed by atoms with Crippen LogP contribution in [0.5, 0.6) is 5.75 Å². The fourth-order valence-electron chi connectivity index (χ4n) is 1.82. The van der Waals surface area contributed by atoms with E-state index in [2.05, 4.69) is 4.72 Å². The molecule has 0 aliphatic heterocycles. The number of methoxy groups -OCH3 is 1. The standard InChI is InChI=1S/C13H18N2O6S/c1-3-4-10(13(17)18)15-22(19,20)8-5-6-11(21-2)9(7-8)12(14)16/h5-7,10,15H,3-4H2,1-2H3,(H2,14,16)(H,17,18). The lowest BCUT2D eigenvalue weighted by atomic mass is 10.2. The van der Waals surface area contributed by atoms with Crippen LogP contribution in [-0.2, 0) is 14.8 Å². The smallest absolute Gasteiger partial charge is 0.321 e. The summed E-state index contributed by atoms with van der Waals surface area (Å²) in [5.74, 6) is -1.99. The van der Waals surface area contributed by atoms with E-state index >= 15 is 0 Å². The summed E-state index contributed by atoms with van der Waals surface area (Å²) in [4.78, 5) is 22.1. The van der Waals surface area contributed by atoms with E-state index in [1.165, 1.54) is 19.2 Å². The van der Waals surface area contributed by atoms with Gasteiger partial charge in [0.2, 0.25) is 10.0 Å². The Kier molecular flexibility index (Phi) is 5.89. The van der Waals surface area contributed by atoms with E-state index in [-0.39, 0.29) is 22.6 Å². The number of nitrogens with two attached hydrogens (primary N) is 1. The Hall–Kier alpha value is -2.13. The van der Waals surface area contributed by atoms with Gasteiger partial charge in [0.25, 0.3) is 5.91 Å². The lowest BCUT2D eigenvalue weighted by Crippen LogP contribution is -2.40. The molecule has 1 aromatic rings. The number of hydrogen-bond acceptors (Lipinski definition) is 5. The van der Waals surface area contributed by atoms with Crippen LogP contribution in [0.2, 0.25) is 0 Å². The molecule has 0 aliphatic carbocycles. The number of carbonyl (C=O) groups excluding carboxylic acids is 1. The van der Waals surface area contributed by atoms with Gasteiger partial charge in [0.15, 0.2) is 0 Å². The number of sulfonamides is 1. The van der Waals surface area contributed by atoms with Crippen molar-refractivity contribution in [2.45, 2.75) is 30.7 Å². The molecule has 22 heavy (non-hydrogen) atoms. The third-order valence-corrected chi connectivity index (χ3v) is 4.39. The summed E-state index contributed by atoms with van der Waals surface area (Å²) in [5.41, 5.74) is 5.07. The van der Waals surface area contributed by atoms with Crippen LogP contribution < -0.4 is 15.2 Å². The van der Waals surface area contributed by atoms with Crippen molar-refractivity contribution in [1.29, 1.82) is 0 Å². The lowest BCUT2D eigenvalue weighted by molar-refractivity contribution is -0.139. The number of hydrogen-bond donors (Lipinski definition) is 3. The summed E-state index contributed by atoms with van der Waals surface area (Å²) in [6.07, 6.45) is 0.641. The maximum Gasteiger partial charge on any atom is 0.321 e. The van der Waals surface area contributed by atoms with Crippen LogP contribution in [0.4, 0.5) is 0 Å². The van der Waals surface area contributed by atoms with E-state index in [1.54, 1.807) is 6.92 Å². The van der Waals surface area contributed by atoms with Crippen LogP contribution in [0, 0.1) is 0 Å². The Labute approximate surface area is 128 Å². The molecule has 0 saturated heterocycles. The minimum absolute atomic E-state index is 0.104. The minimum atomic E-state index is -4.10. The second-order valence-corrected chi connectivity index (χ2v) is 6.24. The first-order valence-electron chi connectivity index (χ1n) is 6.46. The fraction of sp³-hybridized carbons (Fsp3) is 0.385. The molecular formula is C13H18N2O6S. The highest BCUT2D eigenvalue weighted by molar-refractivity contribution is 7.89. The molecule has 1 unspecified atom stereocenters. The Morgan fingerprint density at radius 1 is 1.41 bits per heavy atom. The van der Waals surface area contributed by atoms with Crippen LogP contribution in [0.15, 0.2) is 23.1 Å². The van der Waals surface area contributed by atoms with Gasteiger partial charge in [0.1, 0.15) is 11.8 Å². The molecule has 0 saturated carbocycles. The molecule has 9 heteroatoms. The molecule has 1 atom stereocenters. The number of carboxylic acids is 1. The van der Waals surface area contributed by atoms with Crippen LogP contribution in [0.1, 0.15) is 30.1 Å². The predicted octanol–water partition coefficient (Wildman–Crippen LogP) is 0.326. The van der Waals surface area contributed by atoms with Crippen LogP contribution in [0.3, 0.4) is 0 Å². The molecule has 1 amide bonds. The molecule has 4 N–H and O–H groups in total. The molecule has 122 valence electrons. The van der Waals surface area contributed by atoms with Gasteiger partial charge in [-0.3, -0.25) is 9.59 Å². The third-order valence-electron chi connectivity index (χ3n) is 2.92. The monoisotopic (exact) mass is 330 g/mol. The van der Waals surface area contributed by atoms with Gasteiger partial charge in [-0.2, -0.15) is 4.72 Å². The van der Waals surface area contributed by atoms with Crippen LogP contribution in [0.25, 0.3) is 0 Å². The molecule has 1 rings (SSSR count). The summed E-state index contributed by atoms with van der Waals surface area (Å²) in [7, 11) is -2.79. The first-order valence-corrected chi connectivity index (χ1v) is 7.94.